The quantitative estimate of drug-likeness (QED) is 0.841. The van der Waals surface area contributed by atoms with E-state index in [0.717, 1.165) is 36.0 Å². The maximum atomic E-state index is 9.07. The van der Waals surface area contributed by atoms with E-state index in [-0.39, 0.29) is 6.61 Å². The van der Waals surface area contributed by atoms with Crippen LogP contribution in [0.1, 0.15) is 17.7 Å². The highest BCUT2D eigenvalue weighted by molar-refractivity contribution is 7.99. The molecule has 2 rings (SSSR count). The van der Waals surface area contributed by atoms with E-state index >= 15 is 0 Å². The van der Waals surface area contributed by atoms with Crippen molar-refractivity contribution in [3.8, 4) is 0 Å². The van der Waals surface area contributed by atoms with Crippen molar-refractivity contribution in [3.05, 3.63) is 17.5 Å². The molecule has 0 spiro atoms. The summed E-state index contributed by atoms with van der Waals surface area (Å²) < 4.78 is 0. The van der Waals surface area contributed by atoms with Crippen LogP contribution in [0.15, 0.2) is 6.20 Å². The molecule has 0 aliphatic carbocycles. The first-order valence-electron chi connectivity index (χ1n) is 5.57. The van der Waals surface area contributed by atoms with Crippen molar-refractivity contribution in [2.45, 2.75) is 20.0 Å². The van der Waals surface area contributed by atoms with Crippen molar-refractivity contribution in [1.29, 1.82) is 0 Å². The Labute approximate surface area is 100 Å². The van der Waals surface area contributed by atoms with Gasteiger partial charge in [0, 0.05) is 36.3 Å². The second-order valence-electron chi connectivity index (χ2n) is 3.89. The van der Waals surface area contributed by atoms with Crippen LogP contribution in [0.5, 0.6) is 0 Å². The molecule has 1 N–H and O–H groups in total. The molecule has 2 heterocycles. The van der Waals surface area contributed by atoms with Gasteiger partial charge in [-0.25, -0.2) is 9.97 Å². The zero-order valence-corrected chi connectivity index (χ0v) is 10.3. The fourth-order valence-corrected chi connectivity index (χ4v) is 2.62. The summed E-state index contributed by atoms with van der Waals surface area (Å²) in [5.74, 6) is 3.17. The second-order valence-corrected chi connectivity index (χ2v) is 5.12. The molecule has 0 unspecified atom stereocenters. The minimum Gasteiger partial charge on any atom is -0.392 e. The van der Waals surface area contributed by atoms with Crippen molar-refractivity contribution < 1.29 is 5.11 Å². The lowest BCUT2D eigenvalue weighted by molar-refractivity contribution is 0.280. The summed E-state index contributed by atoms with van der Waals surface area (Å²) in [5, 5.41) is 9.07. The van der Waals surface area contributed by atoms with Crippen LogP contribution in [0, 0.1) is 6.92 Å². The van der Waals surface area contributed by atoms with E-state index < -0.39 is 0 Å². The van der Waals surface area contributed by atoms with Crippen LogP contribution in [-0.4, -0.2) is 39.7 Å². The smallest absolute Gasteiger partial charge is 0.225 e. The van der Waals surface area contributed by atoms with Gasteiger partial charge in [0.05, 0.1) is 6.61 Å². The highest BCUT2D eigenvalue weighted by atomic mass is 32.2. The van der Waals surface area contributed by atoms with Crippen molar-refractivity contribution in [1.82, 2.24) is 9.97 Å². The molecular weight excluding hydrogens is 222 g/mol. The molecule has 4 nitrogen and oxygen atoms in total. The lowest BCUT2D eigenvalue weighted by Crippen LogP contribution is -2.27. The number of anilines is 1. The monoisotopic (exact) mass is 239 g/mol. The Morgan fingerprint density at radius 1 is 1.44 bits per heavy atom. The highest BCUT2D eigenvalue weighted by Gasteiger charge is 2.13. The van der Waals surface area contributed by atoms with Gasteiger partial charge in [-0.1, -0.05) is 0 Å². The Balaban J connectivity index is 2.16. The van der Waals surface area contributed by atoms with Gasteiger partial charge in [-0.05, 0) is 19.1 Å². The third kappa shape index (κ3) is 2.65. The first kappa shape index (κ1) is 11.7. The van der Waals surface area contributed by atoms with E-state index in [1.54, 1.807) is 6.20 Å². The Bertz CT molecular complexity index is 351. The molecule has 0 aromatic carbocycles. The van der Waals surface area contributed by atoms with E-state index in [0.29, 0.717) is 0 Å². The molecule has 0 atom stereocenters. The van der Waals surface area contributed by atoms with E-state index in [1.807, 2.05) is 18.7 Å². The molecule has 1 aromatic heterocycles. The van der Waals surface area contributed by atoms with Gasteiger partial charge in [0.25, 0.3) is 0 Å². The third-order valence-corrected chi connectivity index (χ3v) is 3.79. The van der Waals surface area contributed by atoms with Gasteiger partial charge in [-0.15, -0.1) is 0 Å². The molecule has 1 aliphatic heterocycles. The molecule has 1 saturated heterocycles. The van der Waals surface area contributed by atoms with Crippen LogP contribution >= 0.6 is 11.8 Å². The van der Waals surface area contributed by atoms with E-state index in [1.165, 1.54) is 12.2 Å². The Morgan fingerprint density at radius 2 is 2.31 bits per heavy atom. The summed E-state index contributed by atoms with van der Waals surface area (Å²) in [6.45, 7) is 3.98. The predicted molar refractivity (Wildman–Crippen MR) is 66.8 cm³/mol. The average Bonchev–Trinajstić information content (AvgIpc) is 2.57. The molecule has 1 aliphatic rings. The SMILES string of the molecule is Cc1nc(N2CCCSCC2)ncc1CO. The average molecular weight is 239 g/mol. The van der Waals surface area contributed by atoms with Crippen LogP contribution < -0.4 is 4.90 Å². The Kier molecular flexibility index (Phi) is 4.01. The number of rotatable bonds is 2. The number of hydrogen-bond donors (Lipinski definition) is 1. The van der Waals surface area contributed by atoms with Gasteiger partial charge in [0.15, 0.2) is 0 Å². The lowest BCUT2D eigenvalue weighted by Gasteiger charge is -2.20. The minimum atomic E-state index is 0.0158. The number of aromatic nitrogens is 2. The minimum absolute atomic E-state index is 0.0158. The summed E-state index contributed by atoms with van der Waals surface area (Å²) >= 11 is 1.99. The Morgan fingerprint density at radius 3 is 3.06 bits per heavy atom. The molecule has 88 valence electrons. The third-order valence-electron chi connectivity index (χ3n) is 2.74. The normalized spacial score (nSPS) is 17.2. The largest absolute Gasteiger partial charge is 0.392 e. The van der Waals surface area contributed by atoms with Crippen molar-refractivity contribution in [2.24, 2.45) is 0 Å². The summed E-state index contributed by atoms with van der Waals surface area (Å²) in [5.41, 5.74) is 1.69. The van der Waals surface area contributed by atoms with E-state index in [2.05, 4.69) is 14.9 Å². The van der Waals surface area contributed by atoms with Crippen LogP contribution in [0.25, 0.3) is 0 Å². The van der Waals surface area contributed by atoms with E-state index in [9.17, 15) is 0 Å². The predicted octanol–water partition coefficient (Wildman–Crippen LogP) is 1.22. The van der Waals surface area contributed by atoms with Crippen LogP contribution in [0.3, 0.4) is 0 Å². The van der Waals surface area contributed by atoms with Crippen molar-refractivity contribution >= 4 is 17.7 Å². The molecule has 0 amide bonds. The fraction of sp³-hybridized carbons (Fsp3) is 0.636. The van der Waals surface area contributed by atoms with E-state index in [4.69, 9.17) is 5.11 Å². The number of nitrogens with zero attached hydrogens (tertiary/aromatic N) is 3. The molecule has 16 heavy (non-hydrogen) atoms. The zero-order chi connectivity index (χ0) is 11.4. The molecule has 1 aromatic rings. The summed E-state index contributed by atoms with van der Waals surface area (Å²) in [7, 11) is 0. The maximum Gasteiger partial charge on any atom is 0.225 e. The number of aliphatic hydroxyl groups is 1. The topological polar surface area (TPSA) is 49.2 Å². The second kappa shape index (κ2) is 5.50. The fourth-order valence-electron chi connectivity index (χ4n) is 1.73. The highest BCUT2D eigenvalue weighted by Crippen LogP contribution is 2.16. The number of hydrogen-bond acceptors (Lipinski definition) is 5. The standard InChI is InChI=1S/C11H17N3OS/c1-9-10(8-15)7-12-11(13-9)14-3-2-5-16-6-4-14/h7,15H,2-6,8H2,1H3. The molecule has 5 heteroatoms. The van der Waals surface area contributed by atoms with Crippen molar-refractivity contribution in [3.63, 3.8) is 0 Å². The molecular formula is C11H17N3OS. The van der Waals surface area contributed by atoms with Gasteiger partial charge in [-0.2, -0.15) is 11.8 Å². The van der Waals surface area contributed by atoms with Crippen LogP contribution in [0.4, 0.5) is 5.95 Å². The zero-order valence-electron chi connectivity index (χ0n) is 9.52. The molecule has 0 radical (unpaired) electrons. The number of aryl methyl sites for hydroxylation is 1. The Hall–Kier alpha value is -0.810. The van der Waals surface area contributed by atoms with Gasteiger partial charge < -0.3 is 10.0 Å². The lowest BCUT2D eigenvalue weighted by atomic mass is 10.2. The van der Waals surface area contributed by atoms with Gasteiger partial charge in [0.1, 0.15) is 0 Å². The first-order chi connectivity index (χ1) is 7.81. The molecule has 0 saturated carbocycles. The molecule has 0 bridgehead atoms. The summed E-state index contributed by atoms with van der Waals surface area (Å²) in [4.78, 5) is 11.0. The number of thioether (sulfide) groups is 1. The summed E-state index contributed by atoms with van der Waals surface area (Å²) in [6.07, 6.45) is 2.92. The summed E-state index contributed by atoms with van der Waals surface area (Å²) in [6, 6.07) is 0. The number of aliphatic hydroxyl groups excluding tert-OH is 1. The first-order valence-corrected chi connectivity index (χ1v) is 6.73. The van der Waals surface area contributed by atoms with Crippen molar-refractivity contribution in [2.75, 3.05) is 29.5 Å². The van der Waals surface area contributed by atoms with Gasteiger partial charge in [0.2, 0.25) is 5.95 Å². The van der Waals surface area contributed by atoms with Gasteiger partial charge in [-0.3, -0.25) is 0 Å². The maximum absolute atomic E-state index is 9.07. The van der Waals surface area contributed by atoms with Crippen LogP contribution in [-0.2, 0) is 6.61 Å². The van der Waals surface area contributed by atoms with Crippen LogP contribution in [0.2, 0.25) is 0 Å². The molecule has 1 fully saturated rings. The van der Waals surface area contributed by atoms with Gasteiger partial charge >= 0.3 is 0 Å².